The Balaban J connectivity index is 1.81. The highest BCUT2D eigenvalue weighted by atomic mass is 16.6. The van der Waals surface area contributed by atoms with Crippen molar-refractivity contribution in [3.63, 3.8) is 0 Å². The van der Waals surface area contributed by atoms with Gasteiger partial charge in [-0.1, -0.05) is 62.4 Å². The van der Waals surface area contributed by atoms with E-state index in [0.29, 0.717) is 12.8 Å². The van der Waals surface area contributed by atoms with Crippen LogP contribution < -0.4 is 5.32 Å². The van der Waals surface area contributed by atoms with Crippen LogP contribution in [0.3, 0.4) is 0 Å². The molecule has 0 aliphatic heterocycles. The van der Waals surface area contributed by atoms with Crippen molar-refractivity contribution >= 4 is 22.8 Å². The number of carbonyl (C=O) groups excluding carboxylic acids is 2. The third kappa shape index (κ3) is 7.45. The lowest BCUT2D eigenvalue weighted by molar-refractivity contribution is -0.158. The molecule has 0 saturated heterocycles. The van der Waals surface area contributed by atoms with Gasteiger partial charge in [0.2, 0.25) is 0 Å². The van der Waals surface area contributed by atoms with Gasteiger partial charge in [-0.05, 0) is 50.3 Å². The number of benzene rings is 2. The summed E-state index contributed by atoms with van der Waals surface area (Å²) in [5.74, 6) is -0.526. The highest BCUT2D eigenvalue weighted by Gasteiger charge is 2.32. The fourth-order valence-corrected chi connectivity index (χ4v) is 3.88. The highest BCUT2D eigenvalue weighted by Crippen LogP contribution is 2.21. The van der Waals surface area contributed by atoms with Crippen molar-refractivity contribution in [1.29, 1.82) is 0 Å². The predicted molar refractivity (Wildman–Crippen MR) is 134 cm³/mol. The van der Waals surface area contributed by atoms with Gasteiger partial charge >= 0.3 is 11.9 Å². The monoisotopic (exact) mass is 464 g/mol. The fourth-order valence-electron chi connectivity index (χ4n) is 3.88. The van der Waals surface area contributed by atoms with Crippen molar-refractivity contribution in [1.82, 2.24) is 10.3 Å². The van der Waals surface area contributed by atoms with Crippen LogP contribution in [-0.2, 0) is 32.1 Å². The molecule has 6 heteroatoms. The Kier molecular flexibility index (Phi) is 8.51. The normalized spacial score (nSPS) is 13.6. The summed E-state index contributed by atoms with van der Waals surface area (Å²) in [6.07, 6.45) is 2.84. The Morgan fingerprint density at radius 3 is 2.29 bits per heavy atom. The summed E-state index contributed by atoms with van der Waals surface area (Å²) in [5.41, 5.74) is 2.27. The number of para-hydroxylation sites is 1. The summed E-state index contributed by atoms with van der Waals surface area (Å²) in [6.45, 7) is 9.80. The Labute approximate surface area is 202 Å². The molecule has 182 valence electrons. The molecule has 0 amide bonds. The zero-order chi connectivity index (χ0) is 24.7. The molecule has 0 bridgehead atoms. The lowest BCUT2D eigenvalue weighted by Gasteiger charge is -2.28. The third-order valence-electron chi connectivity index (χ3n) is 5.41. The van der Waals surface area contributed by atoms with E-state index >= 15 is 0 Å². The van der Waals surface area contributed by atoms with Crippen LogP contribution in [0.2, 0.25) is 0 Å². The van der Waals surface area contributed by atoms with Gasteiger partial charge in [0.15, 0.2) is 0 Å². The second-order valence-electron chi connectivity index (χ2n) is 10.1. The van der Waals surface area contributed by atoms with Crippen molar-refractivity contribution in [3.05, 3.63) is 71.9 Å². The molecule has 0 aliphatic carbocycles. The molecule has 0 spiro atoms. The van der Waals surface area contributed by atoms with Crippen molar-refractivity contribution in [2.75, 3.05) is 0 Å². The van der Waals surface area contributed by atoms with Gasteiger partial charge in [-0.3, -0.25) is 14.9 Å². The summed E-state index contributed by atoms with van der Waals surface area (Å²) in [4.78, 5) is 29.5. The lowest BCUT2D eigenvalue weighted by atomic mass is 10.00. The van der Waals surface area contributed by atoms with Crippen LogP contribution in [0.25, 0.3) is 10.9 Å². The summed E-state index contributed by atoms with van der Waals surface area (Å²) in [7, 11) is 0. The zero-order valence-corrected chi connectivity index (χ0v) is 20.8. The van der Waals surface area contributed by atoms with Crippen molar-refractivity contribution in [2.45, 2.75) is 71.8 Å². The number of ether oxygens (including phenoxy) is 2. The molecule has 0 radical (unpaired) electrons. The molecular weight excluding hydrogens is 428 g/mol. The number of hydrogen-bond donors (Lipinski definition) is 2. The van der Waals surface area contributed by atoms with E-state index in [1.807, 2.05) is 95.4 Å². The molecule has 3 rings (SSSR count). The summed E-state index contributed by atoms with van der Waals surface area (Å²) >= 11 is 0. The molecule has 0 unspecified atom stereocenters. The van der Waals surface area contributed by atoms with Gasteiger partial charge < -0.3 is 14.5 Å². The van der Waals surface area contributed by atoms with Crippen molar-refractivity contribution in [2.24, 2.45) is 5.92 Å². The number of fused-ring (bicyclic) bond motifs is 1. The van der Waals surface area contributed by atoms with Crippen LogP contribution >= 0.6 is 0 Å². The van der Waals surface area contributed by atoms with Gasteiger partial charge in [-0.2, -0.15) is 0 Å². The van der Waals surface area contributed by atoms with Gasteiger partial charge in [0.05, 0.1) is 0 Å². The maximum absolute atomic E-state index is 13.2. The number of aromatic nitrogens is 1. The topological polar surface area (TPSA) is 80.4 Å². The lowest BCUT2D eigenvalue weighted by Crippen LogP contribution is -2.51. The highest BCUT2D eigenvalue weighted by molar-refractivity contribution is 5.85. The van der Waals surface area contributed by atoms with Gasteiger partial charge in [0, 0.05) is 23.5 Å². The number of hydrogen-bond acceptors (Lipinski definition) is 5. The van der Waals surface area contributed by atoms with E-state index in [0.717, 1.165) is 22.0 Å². The first-order chi connectivity index (χ1) is 16.1. The average molecular weight is 465 g/mol. The van der Waals surface area contributed by atoms with Crippen LogP contribution in [0.1, 0.15) is 52.2 Å². The second kappa shape index (κ2) is 11.3. The zero-order valence-electron chi connectivity index (χ0n) is 20.8. The van der Waals surface area contributed by atoms with E-state index in [2.05, 4.69) is 10.3 Å². The molecule has 2 atom stereocenters. The first-order valence-corrected chi connectivity index (χ1v) is 11.9. The standard InChI is InChI=1S/C28H36N2O4/c1-19(2)15-24(26(31)33-18-20-11-7-6-8-12-20)30-25(27(32)34-28(3,4)5)16-21-17-29-23-14-10-9-13-22(21)23/h6-14,17,19,24-25,29-30H,15-16,18H2,1-5H3/t24-,25+/m1/s1. The van der Waals surface area contributed by atoms with Gasteiger partial charge in [-0.15, -0.1) is 0 Å². The molecule has 0 fully saturated rings. The number of rotatable bonds is 10. The maximum Gasteiger partial charge on any atom is 0.324 e. The number of esters is 2. The Morgan fingerprint density at radius 1 is 0.941 bits per heavy atom. The van der Waals surface area contributed by atoms with Crippen LogP contribution in [0.4, 0.5) is 0 Å². The molecule has 3 aromatic rings. The van der Waals surface area contributed by atoms with Crippen molar-refractivity contribution < 1.29 is 19.1 Å². The molecule has 1 heterocycles. The number of aromatic amines is 1. The number of nitrogens with one attached hydrogen (secondary N) is 2. The number of H-pyrrole nitrogens is 1. The first-order valence-electron chi connectivity index (χ1n) is 11.9. The van der Waals surface area contributed by atoms with Gasteiger partial charge in [-0.25, -0.2) is 0 Å². The number of carbonyl (C=O) groups is 2. The molecule has 2 N–H and O–H groups in total. The minimum absolute atomic E-state index is 0.190. The molecule has 2 aromatic carbocycles. The Morgan fingerprint density at radius 2 is 1.62 bits per heavy atom. The summed E-state index contributed by atoms with van der Waals surface area (Å²) < 4.78 is 11.3. The molecule has 6 nitrogen and oxygen atoms in total. The van der Waals surface area contributed by atoms with Crippen LogP contribution in [-0.4, -0.2) is 34.6 Å². The molecule has 34 heavy (non-hydrogen) atoms. The first kappa shape index (κ1) is 25.5. The van der Waals surface area contributed by atoms with E-state index < -0.39 is 17.7 Å². The smallest absolute Gasteiger partial charge is 0.324 e. The quantitative estimate of drug-likeness (QED) is 0.405. The van der Waals surface area contributed by atoms with E-state index in [9.17, 15) is 9.59 Å². The van der Waals surface area contributed by atoms with Crippen LogP contribution in [0.15, 0.2) is 60.8 Å². The van der Waals surface area contributed by atoms with Crippen LogP contribution in [0, 0.1) is 5.92 Å². The van der Waals surface area contributed by atoms with Crippen molar-refractivity contribution in [3.8, 4) is 0 Å². The molecule has 0 aliphatic rings. The molecule has 0 saturated carbocycles. The Bertz CT molecular complexity index is 1080. The largest absolute Gasteiger partial charge is 0.460 e. The summed E-state index contributed by atoms with van der Waals surface area (Å²) in [5, 5.41) is 4.33. The van der Waals surface area contributed by atoms with Gasteiger partial charge in [0.25, 0.3) is 0 Å². The minimum Gasteiger partial charge on any atom is -0.460 e. The van der Waals surface area contributed by atoms with Gasteiger partial charge in [0.1, 0.15) is 24.3 Å². The predicted octanol–water partition coefficient (Wildman–Crippen LogP) is 5.17. The van der Waals surface area contributed by atoms with E-state index in [1.54, 1.807) is 0 Å². The van der Waals surface area contributed by atoms with E-state index in [1.165, 1.54) is 0 Å². The second-order valence-corrected chi connectivity index (χ2v) is 10.1. The minimum atomic E-state index is -0.702. The SMILES string of the molecule is CC(C)C[C@@H](N[C@@H](Cc1c[nH]c2ccccc12)C(=O)OC(C)(C)C)C(=O)OCc1ccccc1. The van der Waals surface area contributed by atoms with Crippen LogP contribution in [0.5, 0.6) is 0 Å². The molecular formula is C28H36N2O4. The van der Waals surface area contributed by atoms with E-state index in [-0.39, 0.29) is 24.5 Å². The average Bonchev–Trinajstić information content (AvgIpc) is 3.18. The summed E-state index contributed by atoms with van der Waals surface area (Å²) in [6, 6.07) is 16.2. The fraction of sp³-hybridized carbons (Fsp3) is 0.429. The third-order valence-corrected chi connectivity index (χ3v) is 5.41. The molecule has 1 aromatic heterocycles. The van der Waals surface area contributed by atoms with E-state index in [4.69, 9.17) is 9.47 Å². The Hall–Kier alpha value is -3.12. The maximum atomic E-state index is 13.2.